The minimum absolute atomic E-state index is 0.148. The molecule has 2 aromatic carbocycles. The van der Waals surface area contributed by atoms with Gasteiger partial charge in [0, 0.05) is 0 Å². The molecule has 0 aliphatic rings. The zero-order valence-electron chi connectivity index (χ0n) is 13.9. The predicted octanol–water partition coefficient (Wildman–Crippen LogP) is 4.00. The highest BCUT2D eigenvalue weighted by Gasteiger charge is 2.46. The Bertz CT molecular complexity index is 1070. The van der Waals surface area contributed by atoms with Gasteiger partial charge in [0.1, 0.15) is 0 Å². The number of halogens is 6. The molecule has 0 saturated carbocycles. The Morgan fingerprint density at radius 1 is 1.00 bits per heavy atom. The first-order valence-corrected chi connectivity index (χ1v) is 10.2. The van der Waals surface area contributed by atoms with Crippen molar-refractivity contribution >= 4 is 26.6 Å². The van der Waals surface area contributed by atoms with Gasteiger partial charge in [0.25, 0.3) is 9.84 Å². The summed E-state index contributed by atoms with van der Waals surface area (Å²) in [6.45, 7) is 0. The van der Waals surface area contributed by atoms with Gasteiger partial charge in [-0.25, -0.2) is 13.2 Å². The predicted molar refractivity (Wildman–Crippen MR) is 88.2 cm³/mol. The van der Waals surface area contributed by atoms with E-state index in [0.717, 1.165) is 12.1 Å². The van der Waals surface area contributed by atoms with Crippen LogP contribution >= 0.6 is 0 Å². The first kappa shape index (κ1) is 22.9. The number of carbonyl (C=O) groups is 1. The number of hydrogen-bond donors (Lipinski definition) is 1. The van der Waals surface area contributed by atoms with Gasteiger partial charge in [-0.1, -0.05) is 12.1 Å². The molecule has 0 radical (unpaired) electrons. The minimum atomic E-state index is -5.66. The second-order valence-electron chi connectivity index (χ2n) is 5.60. The van der Waals surface area contributed by atoms with Crippen molar-refractivity contribution in [1.29, 1.82) is 0 Å². The fourth-order valence-corrected chi connectivity index (χ4v) is 4.32. The van der Waals surface area contributed by atoms with Crippen LogP contribution in [0, 0.1) is 0 Å². The number of benzene rings is 2. The molecule has 2 aromatic rings. The van der Waals surface area contributed by atoms with E-state index in [2.05, 4.69) is 0 Å². The van der Waals surface area contributed by atoms with Crippen LogP contribution in [0.15, 0.2) is 52.3 Å². The second-order valence-corrected chi connectivity index (χ2v) is 8.96. The van der Waals surface area contributed by atoms with Gasteiger partial charge in [-0.15, -0.1) is 0 Å². The van der Waals surface area contributed by atoms with Gasteiger partial charge < -0.3 is 5.11 Å². The molecule has 1 atom stereocenters. The second kappa shape index (κ2) is 7.78. The molecule has 2 rings (SSSR count). The Morgan fingerprint density at radius 3 is 2.14 bits per heavy atom. The van der Waals surface area contributed by atoms with Crippen LogP contribution in [-0.2, 0) is 32.6 Å². The Morgan fingerprint density at radius 2 is 1.62 bits per heavy atom. The third kappa shape index (κ3) is 4.96. The summed E-state index contributed by atoms with van der Waals surface area (Å²) in [6, 6.07) is 4.91. The average Bonchev–Trinajstić information content (AvgIpc) is 2.59. The molecule has 1 unspecified atom stereocenters. The largest absolute Gasteiger partial charge is 0.501 e. The van der Waals surface area contributed by atoms with Gasteiger partial charge in [0.15, 0.2) is 0 Å². The number of carboxylic acids is 1. The Labute approximate surface area is 162 Å². The summed E-state index contributed by atoms with van der Waals surface area (Å²) in [5, 5.41) is 9.11. The molecule has 29 heavy (non-hydrogen) atoms. The highest BCUT2D eigenvalue weighted by atomic mass is 32.2. The zero-order chi connectivity index (χ0) is 22.2. The van der Waals surface area contributed by atoms with Gasteiger partial charge in [-0.2, -0.15) is 26.3 Å². The maximum Gasteiger partial charge on any atom is 0.501 e. The average molecular weight is 460 g/mol. The lowest BCUT2D eigenvalue weighted by molar-refractivity contribution is -0.137. The first-order valence-electron chi connectivity index (χ1n) is 7.38. The molecule has 0 heterocycles. The minimum Gasteiger partial charge on any atom is -0.478 e. The lowest BCUT2D eigenvalue weighted by atomic mass is 10.1. The maximum absolute atomic E-state index is 12.7. The highest BCUT2D eigenvalue weighted by molar-refractivity contribution is 7.92. The van der Waals surface area contributed by atoms with Crippen molar-refractivity contribution in [3.8, 4) is 0 Å². The van der Waals surface area contributed by atoms with Crippen LogP contribution in [-0.4, -0.2) is 29.2 Å². The number of sulfone groups is 1. The maximum atomic E-state index is 12.7. The molecule has 158 valence electrons. The standard InChI is InChI=1S/C16H10F6O5S2/c17-15(18,19)10-4-5-13(12(7-10)14(23)24)28(25)8-9-2-1-3-11(6-9)29(26,27)16(20,21)22/h1-7H,8H2,(H,23,24). The zero-order valence-corrected chi connectivity index (χ0v) is 15.5. The van der Waals surface area contributed by atoms with E-state index in [0.29, 0.717) is 30.3 Å². The van der Waals surface area contributed by atoms with Crippen molar-refractivity contribution in [3.63, 3.8) is 0 Å². The Hall–Kier alpha value is -2.41. The van der Waals surface area contributed by atoms with E-state index in [9.17, 15) is 43.8 Å². The van der Waals surface area contributed by atoms with Crippen LogP contribution in [0.3, 0.4) is 0 Å². The monoisotopic (exact) mass is 460 g/mol. The van der Waals surface area contributed by atoms with Gasteiger partial charge in [0.05, 0.1) is 37.5 Å². The summed E-state index contributed by atoms with van der Waals surface area (Å²) in [5.41, 5.74) is -7.88. The molecule has 0 fully saturated rings. The molecule has 0 aromatic heterocycles. The molecule has 0 bridgehead atoms. The van der Waals surface area contributed by atoms with Crippen LogP contribution in [0.2, 0.25) is 0 Å². The van der Waals surface area contributed by atoms with Gasteiger partial charge in [-0.05, 0) is 35.9 Å². The quantitative estimate of drug-likeness (QED) is 0.682. The normalized spacial score (nSPS) is 13.9. The number of rotatable bonds is 5. The third-order valence-corrected chi connectivity index (χ3v) is 6.52. The summed E-state index contributed by atoms with van der Waals surface area (Å²) < 4.78 is 112. The molecule has 13 heteroatoms. The van der Waals surface area contributed by atoms with Crippen molar-refractivity contribution in [2.45, 2.75) is 27.2 Å². The van der Waals surface area contributed by atoms with E-state index in [1.165, 1.54) is 0 Å². The number of alkyl halides is 6. The Balaban J connectivity index is 2.41. The van der Waals surface area contributed by atoms with Crippen molar-refractivity contribution < 1.29 is 48.9 Å². The van der Waals surface area contributed by atoms with E-state index in [1.54, 1.807) is 0 Å². The third-order valence-electron chi connectivity index (χ3n) is 3.59. The topological polar surface area (TPSA) is 88.5 Å². The first-order chi connectivity index (χ1) is 13.1. The summed E-state index contributed by atoms with van der Waals surface area (Å²) in [7, 11) is -7.94. The highest BCUT2D eigenvalue weighted by Crippen LogP contribution is 2.33. The van der Waals surface area contributed by atoms with Crippen LogP contribution in [0.1, 0.15) is 21.5 Å². The van der Waals surface area contributed by atoms with E-state index >= 15 is 0 Å². The van der Waals surface area contributed by atoms with Crippen molar-refractivity contribution in [2.75, 3.05) is 0 Å². The molecule has 0 aliphatic carbocycles. The number of carboxylic acid groups (broad SMARTS) is 1. The van der Waals surface area contributed by atoms with Gasteiger partial charge in [-0.3, -0.25) is 4.21 Å². The Kier molecular flexibility index (Phi) is 6.14. The van der Waals surface area contributed by atoms with E-state index < -0.39 is 65.0 Å². The fourth-order valence-electron chi connectivity index (χ4n) is 2.24. The van der Waals surface area contributed by atoms with Crippen LogP contribution in [0.4, 0.5) is 26.3 Å². The summed E-state index contributed by atoms with van der Waals surface area (Å²) in [5.74, 6) is -2.40. The van der Waals surface area contributed by atoms with E-state index in [-0.39, 0.29) is 5.56 Å². The van der Waals surface area contributed by atoms with Gasteiger partial charge >= 0.3 is 17.7 Å². The summed E-state index contributed by atoms with van der Waals surface area (Å²) in [4.78, 5) is 9.65. The van der Waals surface area contributed by atoms with Crippen LogP contribution < -0.4 is 0 Å². The van der Waals surface area contributed by atoms with Crippen LogP contribution in [0.5, 0.6) is 0 Å². The molecule has 0 saturated heterocycles. The molecule has 5 nitrogen and oxygen atoms in total. The summed E-state index contributed by atoms with van der Waals surface area (Å²) >= 11 is 0. The summed E-state index contributed by atoms with van der Waals surface area (Å²) in [6.07, 6.45) is -4.84. The van der Waals surface area contributed by atoms with Crippen molar-refractivity contribution in [3.05, 3.63) is 59.2 Å². The lowest BCUT2D eigenvalue weighted by Crippen LogP contribution is -2.23. The smallest absolute Gasteiger partial charge is 0.478 e. The molecule has 0 aliphatic heterocycles. The fraction of sp³-hybridized carbons (Fsp3) is 0.188. The SMILES string of the molecule is O=C(O)c1cc(C(F)(F)F)ccc1S(=O)Cc1cccc(S(=O)(=O)C(F)(F)F)c1. The van der Waals surface area contributed by atoms with E-state index in [1.807, 2.05) is 0 Å². The molecule has 0 spiro atoms. The van der Waals surface area contributed by atoms with Crippen LogP contribution in [0.25, 0.3) is 0 Å². The molecule has 1 N–H and O–H groups in total. The number of aromatic carboxylic acids is 1. The lowest BCUT2D eigenvalue weighted by Gasteiger charge is -2.12. The molecular formula is C16H10F6O5S2. The molecular weight excluding hydrogens is 450 g/mol. The number of hydrogen-bond acceptors (Lipinski definition) is 4. The van der Waals surface area contributed by atoms with Gasteiger partial charge in [0.2, 0.25) is 0 Å². The van der Waals surface area contributed by atoms with E-state index in [4.69, 9.17) is 5.11 Å². The van der Waals surface area contributed by atoms with Crippen molar-refractivity contribution in [1.82, 2.24) is 0 Å². The molecule has 0 amide bonds. The van der Waals surface area contributed by atoms with Crippen molar-refractivity contribution in [2.24, 2.45) is 0 Å².